The van der Waals surface area contributed by atoms with Crippen LogP contribution in [0.3, 0.4) is 0 Å². The van der Waals surface area contributed by atoms with E-state index in [4.69, 9.17) is 0 Å². The lowest BCUT2D eigenvalue weighted by molar-refractivity contribution is -0.126. The zero-order valence-corrected chi connectivity index (χ0v) is 8.53. The predicted molar refractivity (Wildman–Crippen MR) is 52.7 cm³/mol. The fourth-order valence-electron chi connectivity index (χ4n) is 1.60. The number of carbonyl (C=O) groups is 1. The summed E-state index contributed by atoms with van der Waals surface area (Å²) in [5.41, 5.74) is -0.381. The third-order valence-corrected chi connectivity index (χ3v) is 2.51. The Hall–Kier alpha value is -1.32. The second-order valence-corrected chi connectivity index (χ2v) is 4.11. The van der Waals surface area contributed by atoms with Crippen molar-refractivity contribution in [2.45, 2.75) is 38.3 Å². The van der Waals surface area contributed by atoms with Crippen LogP contribution in [-0.4, -0.2) is 21.7 Å². The van der Waals surface area contributed by atoms with E-state index in [1.807, 2.05) is 26.1 Å². The lowest BCUT2D eigenvalue weighted by atomic mass is 10.2. The van der Waals surface area contributed by atoms with Crippen molar-refractivity contribution in [2.24, 2.45) is 0 Å². The number of amides is 1. The van der Waals surface area contributed by atoms with Crippen LogP contribution in [0.25, 0.3) is 0 Å². The molecule has 0 radical (unpaired) electrons. The van der Waals surface area contributed by atoms with Crippen molar-refractivity contribution in [1.82, 2.24) is 15.1 Å². The summed E-state index contributed by atoms with van der Waals surface area (Å²) < 4.78 is 1.77. The molecule has 1 aromatic rings. The highest BCUT2D eigenvalue weighted by atomic mass is 16.2. The van der Waals surface area contributed by atoms with Crippen molar-refractivity contribution in [3.05, 3.63) is 18.5 Å². The first-order chi connectivity index (χ1) is 6.65. The fraction of sp³-hybridized carbons (Fsp3) is 0.600. The van der Waals surface area contributed by atoms with Crippen LogP contribution in [0.2, 0.25) is 0 Å². The van der Waals surface area contributed by atoms with Crippen molar-refractivity contribution in [2.75, 3.05) is 0 Å². The van der Waals surface area contributed by atoms with Crippen LogP contribution >= 0.6 is 0 Å². The van der Waals surface area contributed by atoms with Gasteiger partial charge in [0.15, 0.2) is 0 Å². The minimum absolute atomic E-state index is 0.0937. The standard InChI is InChI=1S/C10H15N3O/c1-8(2)12-9(14)10(4-5-10)13-7-3-6-11-13/h3,6-8H,4-5H2,1-2H3,(H,12,14). The summed E-state index contributed by atoms with van der Waals surface area (Å²) in [4.78, 5) is 11.9. The maximum atomic E-state index is 11.9. The lowest BCUT2D eigenvalue weighted by Gasteiger charge is -2.17. The summed E-state index contributed by atoms with van der Waals surface area (Å²) in [6.45, 7) is 3.94. The molecule has 1 heterocycles. The van der Waals surface area contributed by atoms with Gasteiger partial charge in [-0.05, 0) is 32.8 Å². The molecule has 4 heteroatoms. The average Bonchev–Trinajstić information content (AvgIpc) is 2.74. The van der Waals surface area contributed by atoms with E-state index in [2.05, 4.69) is 10.4 Å². The van der Waals surface area contributed by atoms with Crippen LogP contribution in [0.5, 0.6) is 0 Å². The molecule has 0 aliphatic heterocycles. The van der Waals surface area contributed by atoms with Crippen LogP contribution < -0.4 is 5.32 Å². The topological polar surface area (TPSA) is 46.9 Å². The van der Waals surface area contributed by atoms with E-state index in [-0.39, 0.29) is 17.5 Å². The second-order valence-electron chi connectivity index (χ2n) is 4.11. The van der Waals surface area contributed by atoms with Crippen LogP contribution in [0.1, 0.15) is 26.7 Å². The molecule has 1 aliphatic carbocycles. The summed E-state index contributed by atoms with van der Waals surface area (Å²) >= 11 is 0. The first kappa shape index (κ1) is 9.24. The minimum Gasteiger partial charge on any atom is -0.352 e. The summed E-state index contributed by atoms with van der Waals surface area (Å²) in [5.74, 6) is 0.0937. The van der Waals surface area contributed by atoms with E-state index < -0.39 is 0 Å². The van der Waals surface area contributed by atoms with E-state index in [9.17, 15) is 4.79 Å². The van der Waals surface area contributed by atoms with E-state index in [1.165, 1.54) is 0 Å². The van der Waals surface area contributed by atoms with Crippen molar-refractivity contribution in [3.8, 4) is 0 Å². The molecule has 76 valence electrons. The van der Waals surface area contributed by atoms with E-state index in [0.717, 1.165) is 12.8 Å². The highest BCUT2D eigenvalue weighted by Crippen LogP contribution is 2.43. The van der Waals surface area contributed by atoms with Gasteiger partial charge in [-0.3, -0.25) is 9.48 Å². The monoisotopic (exact) mass is 193 g/mol. The number of hydrogen-bond donors (Lipinski definition) is 1. The van der Waals surface area contributed by atoms with Gasteiger partial charge in [0.2, 0.25) is 5.91 Å². The molecule has 0 aromatic carbocycles. The molecule has 0 bridgehead atoms. The number of rotatable bonds is 3. The molecule has 4 nitrogen and oxygen atoms in total. The second kappa shape index (κ2) is 3.12. The van der Waals surface area contributed by atoms with E-state index >= 15 is 0 Å². The SMILES string of the molecule is CC(C)NC(=O)C1(n2cccn2)CC1. The third-order valence-electron chi connectivity index (χ3n) is 2.51. The van der Waals surface area contributed by atoms with Gasteiger partial charge in [-0.2, -0.15) is 5.10 Å². The molecule has 0 saturated heterocycles. The molecular formula is C10H15N3O. The van der Waals surface area contributed by atoms with Gasteiger partial charge in [-0.25, -0.2) is 0 Å². The van der Waals surface area contributed by atoms with Gasteiger partial charge >= 0.3 is 0 Å². The molecule has 1 saturated carbocycles. The van der Waals surface area contributed by atoms with Crippen LogP contribution in [0.15, 0.2) is 18.5 Å². The molecule has 1 aliphatic rings. The first-order valence-corrected chi connectivity index (χ1v) is 4.96. The Balaban J connectivity index is 2.14. The van der Waals surface area contributed by atoms with Crippen LogP contribution in [-0.2, 0) is 10.3 Å². The normalized spacial score (nSPS) is 18.2. The summed E-state index contributed by atoms with van der Waals surface area (Å²) in [6.07, 6.45) is 5.36. The van der Waals surface area contributed by atoms with Gasteiger partial charge in [0, 0.05) is 18.4 Å². The molecule has 0 unspecified atom stereocenters. The van der Waals surface area contributed by atoms with Gasteiger partial charge in [0.1, 0.15) is 5.54 Å². The predicted octanol–water partition coefficient (Wildman–Crippen LogP) is 0.897. The van der Waals surface area contributed by atoms with Gasteiger partial charge in [-0.15, -0.1) is 0 Å². The maximum absolute atomic E-state index is 11.9. The molecule has 1 amide bonds. The summed E-state index contributed by atoms with van der Waals surface area (Å²) in [6, 6.07) is 2.04. The number of carbonyl (C=O) groups excluding carboxylic acids is 1. The molecule has 2 rings (SSSR count). The Morgan fingerprint density at radius 1 is 1.57 bits per heavy atom. The quantitative estimate of drug-likeness (QED) is 0.775. The first-order valence-electron chi connectivity index (χ1n) is 4.96. The van der Waals surface area contributed by atoms with Crippen LogP contribution in [0.4, 0.5) is 0 Å². The van der Waals surface area contributed by atoms with Gasteiger partial charge in [0.05, 0.1) is 0 Å². The van der Waals surface area contributed by atoms with Crippen LogP contribution in [0, 0.1) is 0 Å². The maximum Gasteiger partial charge on any atom is 0.248 e. The molecule has 1 N–H and O–H groups in total. The highest BCUT2D eigenvalue weighted by Gasteiger charge is 2.52. The minimum atomic E-state index is -0.381. The zero-order valence-electron chi connectivity index (χ0n) is 8.53. The molecule has 0 atom stereocenters. The fourth-order valence-corrected chi connectivity index (χ4v) is 1.60. The van der Waals surface area contributed by atoms with Crippen molar-refractivity contribution in [3.63, 3.8) is 0 Å². The molecule has 0 spiro atoms. The number of hydrogen-bond acceptors (Lipinski definition) is 2. The highest BCUT2D eigenvalue weighted by molar-refractivity contribution is 5.87. The Kier molecular flexibility index (Phi) is 2.06. The number of aromatic nitrogens is 2. The van der Waals surface area contributed by atoms with Gasteiger partial charge in [0.25, 0.3) is 0 Å². The van der Waals surface area contributed by atoms with Crippen molar-refractivity contribution < 1.29 is 4.79 Å². The summed E-state index contributed by atoms with van der Waals surface area (Å²) in [5, 5.41) is 7.07. The smallest absolute Gasteiger partial charge is 0.248 e. The lowest BCUT2D eigenvalue weighted by Crippen LogP contribution is -2.42. The zero-order chi connectivity index (χ0) is 10.2. The number of nitrogens with one attached hydrogen (secondary N) is 1. The molecule has 1 aromatic heterocycles. The Labute approximate surface area is 83.3 Å². The van der Waals surface area contributed by atoms with E-state index in [1.54, 1.807) is 10.9 Å². The molecule has 1 fully saturated rings. The number of nitrogens with zero attached hydrogens (tertiary/aromatic N) is 2. The third kappa shape index (κ3) is 1.41. The summed E-state index contributed by atoms with van der Waals surface area (Å²) in [7, 11) is 0. The van der Waals surface area contributed by atoms with E-state index in [0.29, 0.717) is 0 Å². The van der Waals surface area contributed by atoms with Crippen molar-refractivity contribution >= 4 is 5.91 Å². The average molecular weight is 193 g/mol. The molecular weight excluding hydrogens is 178 g/mol. The van der Waals surface area contributed by atoms with Gasteiger partial charge < -0.3 is 5.32 Å². The Bertz CT molecular complexity index is 325. The van der Waals surface area contributed by atoms with Crippen molar-refractivity contribution in [1.29, 1.82) is 0 Å². The Morgan fingerprint density at radius 3 is 2.71 bits per heavy atom. The van der Waals surface area contributed by atoms with Gasteiger partial charge in [-0.1, -0.05) is 0 Å². The Morgan fingerprint density at radius 2 is 2.29 bits per heavy atom. The molecule has 14 heavy (non-hydrogen) atoms. The largest absolute Gasteiger partial charge is 0.352 e.